The molecule has 2 aliphatic rings. The van der Waals surface area contributed by atoms with Gasteiger partial charge in [0, 0.05) is 19.0 Å². The van der Waals surface area contributed by atoms with Crippen molar-refractivity contribution in [2.45, 2.75) is 69.7 Å². The first kappa shape index (κ1) is 24.2. The van der Waals surface area contributed by atoms with Crippen LogP contribution < -0.4 is 5.32 Å². The van der Waals surface area contributed by atoms with Gasteiger partial charge in [-0.1, -0.05) is 32.9 Å². The molecule has 174 valence electrons. The highest BCUT2D eigenvalue weighted by atomic mass is 32.2. The van der Waals surface area contributed by atoms with Crippen molar-refractivity contribution in [1.82, 2.24) is 9.62 Å². The van der Waals surface area contributed by atoms with Gasteiger partial charge in [-0.2, -0.15) is 4.31 Å². The molecule has 1 aromatic carbocycles. The molecule has 0 radical (unpaired) electrons. The van der Waals surface area contributed by atoms with Gasteiger partial charge in [-0.3, -0.25) is 4.79 Å². The van der Waals surface area contributed by atoms with E-state index in [4.69, 9.17) is 0 Å². The fourth-order valence-corrected chi connectivity index (χ4v) is 8.16. The van der Waals surface area contributed by atoms with Gasteiger partial charge in [0.1, 0.15) is 0 Å². The number of aryl methyl sites for hydroxylation is 1. The summed E-state index contributed by atoms with van der Waals surface area (Å²) < 4.78 is 51.7. The van der Waals surface area contributed by atoms with E-state index in [1.807, 2.05) is 32.9 Å². The maximum absolute atomic E-state index is 13.3. The minimum Gasteiger partial charge on any atom is -0.350 e. The lowest BCUT2D eigenvalue weighted by Crippen LogP contribution is -2.51. The molecule has 2 aliphatic heterocycles. The molecule has 0 bridgehead atoms. The summed E-state index contributed by atoms with van der Waals surface area (Å²) in [6, 6.07) is 5.59. The van der Waals surface area contributed by atoms with Crippen molar-refractivity contribution in [2.75, 3.05) is 24.6 Å². The maximum atomic E-state index is 13.3. The molecule has 2 heterocycles. The second-order valence-electron chi connectivity index (χ2n) is 10.3. The monoisotopic (exact) mass is 470 g/mol. The van der Waals surface area contributed by atoms with Crippen LogP contribution in [0.3, 0.4) is 0 Å². The molecule has 9 heteroatoms. The molecule has 1 unspecified atom stereocenters. The number of carbonyl (C=O) groups is 1. The topological polar surface area (TPSA) is 101 Å². The minimum absolute atomic E-state index is 0.0393. The van der Waals surface area contributed by atoms with Crippen LogP contribution in [0, 0.1) is 12.8 Å². The van der Waals surface area contributed by atoms with Crippen LogP contribution >= 0.6 is 0 Å². The fraction of sp³-hybridized carbons (Fsp3) is 0.682. The first-order chi connectivity index (χ1) is 14.1. The summed E-state index contributed by atoms with van der Waals surface area (Å²) in [5.41, 5.74) is 0.783. The zero-order valence-electron chi connectivity index (χ0n) is 19.1. The summed E-state index contributed by atoms with van der Waals surface area (Å²) in [6.45, 7) is 10.3. The number of nitrogens with one attached hydrogen (secondary N) is 1. The molecule has 0 saturated carbocycles. The molecule has 1 amide bonds. The highest BCUT2D eigenvalue weighted by Crippen LogP contribution is 2.31. The Kier molecular flexibility index (Phi) is 6.37. The number of rotatable bonds is 4. The van der Waals surface area contributed by atoms with E-state index < -0.39 is 25.4 Å². The predicted octanol–water partition coefficient (Wildman–Crippen LogP) is 2.39. The number of hydrogen-bond acceptors (Lipinski definition) is 5. The quantitative estimate of drug-likeness (QED) is 0.728. The number of benzene rings is 1. The largest absolute Gasteiger partial charge is 0.350 e. The van der Waals surface area contributed by atoms with Crippen LogP contribution in [0.25, 0.3) is 0 Å². The molecule has 2 saturated heterocycles. The van der Waals surface area contributed by atoms with Gasteiger partial charge in [-0.05, 0) is 55.7 Å². The Balaban J connectivity index is 1.68. The molecule has 2 fully saturated rings. The van der Waals surface area contributed by atoms with E-state index in [0.717, 1.165) is 5.56 Å². The number of hydrogen-bond donors (Lipinski definition) is 1. The molecule has 31 heavy (non-hydrogen) atoms. The first-order valence-corrected chi connectivity index (χ1v) is 14.0. The van der Waals surface area contributed by atoms with E-state index >= 15 is 0 Å². The average Bonchev–Trinajstić information content (AvgIpc) is 2.93. The van der Waals surface area contributed by atoms with Gasteiger partial charge in [0.15, 0.2) is 9.84 Å². The summed E-state index contributed by atoms with van der Waals surface area (Å²) in [4.78, 5) is 13.1. The van der Waals surface area contributed by atoms with Crippen LogP contribution in [0.5, 0.6) is 0 Å². The van der Waals surface area contributed by atoms with E-state index in [2.05, 4.69) is 5.32 Å². The molecule has 0 spiro atoms. The first-order valence-electron chi connectivity index (χ1n) is 10.8. The summed E-state index contributed by atoms with van der Waals surface area (Å²) in [7, 11) is -6.76. The number of sulfone groups is 1. The molecule has 7 nitrogen and oxygen atoms in total. The third kappa shape index (κ3) is 5.31. The number of nitrogens with zero attached hydrogens (tertiary/aromatic N) is 1. The standard InChI is InChI=1S/C22H34N2O5S2/c1-16-6-7-18(21(2,3)4)14-19(16)31(28,29)24-11-8-17(9-12-24)20(25)23-22(5)10-13-30(26,27)15-22/h6-7,14,17H,8-13,15H2,1-5H3,(H,23,25). The summed E-state index contributed by atoms with van der Waals surface area (Å²) in [5.74, 6) is -0.438. The number of carbonyl (C=O) groups excluding carboxylic acids is 1. The maximum Gasteiger partial charge on any atom is 0.243 e. The normalized spacial score (nSPS) is 25.5. The Morgan fingerprint density at radius 3 is 2.32 bits per heavy atom. The molecule has 1 aromatic rings. The van der Waals surface area contributed by atoms with E-state index in [1.165, 1.54) is 4.31 Å². The SMILES string of the molecule is Cc1ccc(C(C)(C)C)cc1S(=O)(=O)N1CCC(C(=O)NC2(C)CCS(=O)(=O)C2)CC1. The van der Waals surface area contributed by atoms with Gasteiger partial charge >= 0.3 is 0 Å². The summed E-state index contributed by atoms with van der Waals surface area (Å²) in [5, 5.41) is 2.91. The Morgan fingerprint density at radius 2 is 1.81 bits per heavy atom. The summed E-state index contributed by atoms with van der Waals surface area (Å²) >= 11 is 0. The van der Waals surface area contributed by atoms with Gasteiger partial charge in [0.2, 0.25) is 15.9 Å². The molecule has 0 aliphatic carbocycles. The lowest BCUT2D eigenvalue weighted by Gasteiger charge is -2.33. The highest BCUT2D eigenvalue weighted by Gasteiger charge is 2.41. The van der Waals surface area contributed by atoms with Crippen molar-refractivity contribution in [1.29, 1.82) is 0 Å². The number of piperidine rings is 1. The van der Waals surface area contributed by atoms with Crippen molar-refractivity contribution in [3.05, 3.63) is 29.3 Å². The van der Waals surface area contributed by atoms with Crippen LogP contribution in [-0.4, -0.2) is 57.2 Å². The van der Waals surface area contributed by atoms with Crippen LogP contribution in [0.1, 0.15) is 58.1 Å². The molecule has 1 atom stereocenters. The number of sulfonamides is 1. The molecule has 1 N–H and O–H groups in total. The van der Waals surface area contributed by atoms with Crippen molar-refractivity contribution in [3.8, 4) is 0 Å². The van der Waals surface area contributed by atoms with E-state index in [0.29, 0.717) is 29.7 Å². The Bertz CT molecular complexity index is 1070. The van der Waals surface area contributed by atoms with Crippen LogP contribution in [0.2, 0.25) is 0 Å². The van der Waals surface area contributed by atoms with Gasteiger partial charge < -0.3 is 5.32 Å². The minimum atomic E-state index is -3.65. The van der Waals surface area contributed by atoms with Crippen molar-refractivity contribution in [3.63, 3.8) is 0 Å². The third-order valence-corrected chi connectivity index (χ3v) is 10.4. The number of amides is 1. The van der Waals surface area contributed by atoms with Crippen molar-refractivity contribution in [2.24, 2.45) is 5.92 Å². The highest BCUT2D eigenvalue weighted by molar-refractivity contribution is 7.91. The second-order valence-corrected chi connectivity index (χ2v) is 14.4. The van der Waals surface area contributed by atoms with Gasteiger partial charge in [-0.15, -0.1) is 0 Å². The fourth-order valence-electron chi connectivity index (χ4n) is 4.35. The predicted molar refractivity (Wildman–Crippen MR) is 121 cm³/mol. The Labute approximate surface area is 186 Å². The van der Waals surface area contributed by atoms with E-state index in [1.54, 1.807) is 19.9 Å². The molecular formula is C22H34N2O5S2. The second kappa shape index (κ2) is 8.15. The summed E-state index contributed by atoms with van der Waals surface area (Å²) in [6.07, 6.45) is 1.26. The molecule has 0 aromatic heterocycles. The molecule has 3 rings (SSSR count). The van der Waals surface area contributed by atoms with Crippen molar-refractivity contribution >= 4 is 25.8 Å². The van der Waals surface area contributed by atoms with Crippen LogP contribution in [-0.2, 0) is 30.1 Å². The van der Waals surface area contributed by atoms with E-state index in [9.17, 15) is 21.6 Å². The van der Waals surface area contributed by atoms with Crippen molar-refractivity contribution < 1.29 is 21.6 Å². The van der Waals surface area contributed by atoms with Crippen LogP contribution in [0.15, 0.2) is 23.1 Å². The lowest BCUT2D eigenvalue weighted by molar-refractivity contribution is -0.127. The van der Waals surface area contributed by atoms with Gasteiger partial charge in [0.25, 0.3) is 0 Å². The lowest BCUT2D eigenvalue weighted by atomic mass is 9.87. The average molecular weight is 471 g/mol. The molecular weight excluding hydrogens is 436 g/mol. The Morgan fingerprint density at radius 1 is 1.19 bits per heavy atom. The zero-order valence-corrected chi connectivity index (χ0v) is 20.7. The van der Waals surface area contributed by atoms with Gasteiger partial charge in [-0.25, -0.2) is 16.8 Å². The third-order valence-electron chi connectivity index (χ3n) is 6.43. The smallest absolute Gasteiger partial charge is 0.243 e. The van der Waals surface area contributed by atoms with Gasteiger partial charge in [0.05, 0.1) is 21.9 Å². The Hall–Kier alpha value is -1.45. The zero-order chi connectivity index (χ0) is 23.2. The van der Waals surface area contributed by atoms with Crippen LogP contribution in [0.4, 0.5) is 0 Å². The van der Waals surface area contributed by atoms with E-state index in [-0.39, 0.29) is 41.8 Å².